The predicted octanol–water partition coefficient (Wildman–Crippen LogP) is 3.62. The lowest BCUT2D eigenvalue weighted by atomic mass is 10.1. The minimum atomic E-state index is 0.541. The maximum Gasteiger partial charge on any atom is 0.191 e. The normalized spacial score (nSPS) is 11.4. The van der Waals surface area contributed by atoms with Crippen molar-refractivity contribution in [2.75, 3.05) is 13.2 Å². The van der Waals surface area contributed by atoms with Gasteiger partial charge >= 0.3 is 0 Å². The molecule has 0 fully saturated rings. The van der Waals surface area contributed by atoms with Crippen molar-refractivity contribution >= 4 is 5.96 Å². The van der Waals surface area contributed by atoms with Crippen molar-refractivity contribution in [2.45, 2.75) is 40.3 Å². The second kappa shape index (κ2) is 11.0. The number of aromatic nitrogens is 3. The quantitative estimate of drug-likeness (QED) is 0.419. The monoisotopic (exact) mass is 406 g/mol. The third-order valence-electron chi connectivity index (χ3n) is 4.44. The molecule has 7 heteroatoms. The summed E-state index contributed by atoms with van der Waals surface area (Å²) in [5.41, 5.74) is 3.37. The van der Waals surface area contributed by atoms with Crippen molar-refractivity contribution in [1.29, 1.82) is 0 Å². The summed E-state index contributed by atoms with van der Waals surface area (Å²) < 4.78 is 7.66. The summed E-state index contributed by atoms with van der Waals surface area (Å²) >= 11 is 0. The van der Waals surface area contributed by atoms with Crippen LogP contribution in [-0.4, -0.2) is 33.9 Å². The summed E-state index contributed by atoms with van der Waals surface area (Å²) in [4.78, 5) is 9.10. The molecule has 0 saturated carbocycles. The zero-order valence-electron chi connectivity index (χ0n) is 17.9. The Kier molecular flexibility index (Phi) is 7.83. The Hall–Kier alpha value is -3.35. The number of benzene rings is 1. The van der Waals surface area contributed by atoms with Crippen LogP contribution >= 0.6 is 0 Å². The van der Waals surface area contributed by atoms with E-state index < -0.39 is 0 Å². The van der Waals surface area contributed by atoms with Crippen LogP contribution in [0.25, 0.3) is 5.82 Å². The first-order chi connectivity index (χ1) is 14.7. The molecule has 0 atom stereocenters. The first-order valence-corrected chi connectivity index (χ1v) is 10.4. The first kappa shape index (κ1) is 21.4. The molecular formula is C23H30N6O. The van der Waals surface area contributed by atoms with E-state index in [9.17, 15) is 0 Å². The van der Waals surface area contributed by atoms with Gasteiger partial charge in [-0.15, -0.1) is 0 Å². The lowest BCUT2D eigenvalue weighted by Gasteiger charge is -2.15. The SMILES string of the molecule is CCCOc1cc(C)ccc1CNC(=NCc1ccnc(-n2cccn2)c1)NCC. The highest BCUT2D eigenvalue weighted by Crippen LogP contribution is 2.20. The molecule has 0 spiro atoms. The van der Waals surface area contributed by atoms with Crippen LogP contribution in [0.4, 0.5) is 0 Å². The third kappa shape index (κ3) is 6.07. The molecule has 0 saturated heterocycles. The molecule has 3 rings (SSSR count). The van der Waals surface area contributed by atoms with E-state index in [4.69, 9.17) is 9.73 Å². The minimum absolute atomic E-state index is 0.541. The van der Waals surface area contributed by atoms with Gasteiger partial charge in [0, 0.05) is 37.2 Å². The van der Waals surface area contributed by atoms with Gasteiger partial charge in [-0.2, -0.15) is 5.10 Å². The summed E-state index contributed by atoms with van der Waals surface area (Å²) in [6.45, 7) is 8.92. The highest BCUT2D eigenvalue weighted by Gasteiger charge is 2.06. The maximum atomic E-state index is 5.92. The molecule has 7 nitrogen and oxygen atoms in total. The number of guanidine groups is 1. The van der Waals surface area contributed by atoms with Gasteiger partial charge in [0.1, 0.15) is 5.75 Å². The fourth-order valence-electron chi connectivity index (χ4n) is 2.93. The van der Waals surface area contributed by atoms with Crippen molar-refractivity contribution in [2.24, 2.45) is 4.99 Å². The van der Waals surface area contributed by atoms with E-state index >= 15 is 0 Å². The Balaban J connectivity index is 1.68. The standard InChI is InChI=1S/C23H30N6O/c1-4-13-30-21-14-18(3)7-8-20(21)17-27-23(24-5-2)26-16-19-9-11-25-22(15-19)29-12-6-10-28-29/h6-12,14-15H,4-5,13,16-17H2,1-3H3,(H2,24,26,27). The summed E-state index contributed by atoms with van der Waals surface area (Å²) in [5, 5.41) is 10.9. The molecule has 1 aromatic carbocycles. The number of nitrogens with zero attached hydrogens (tertiary/aromatic N) is 4. The van der Waals surface area contributed by atoms with Crippen molar-refractivity contribution in [3.05, 3.63) is 71.7 Å². The van der Waals surface area contributed by atoms with Crippen LogP contribution in [0.2, 0.25) is 0 Å². The van der Waals surface area contributed by atoms with E-state index in [0.717, 1.165) is 41.6 Å². The Morgan fingerprint density at radius 3 is 2.80 bits per heavy atom. The van der Waals surface area contributed by atoms with E-state index in [2.05, 4.69) is 59.7 Å². The van der Waals surface area contributed by atoms with Crippen LogP contribution in [0.1, 0.15) is 37.0 Å². The summed E-state index contributed by atoms with van der Waals surface area (Å²) in [7, 11) is 0. The van der Waals surface area contributed by atoms with E-state index in [1.54, 1.807) is 17.1 Å². The number of ether oxygens (including phenoxy) is 1. The van der Waals surface area contributed by atoms with Gasteiger partial charge in [0.2, 0.25) is 0 Å². The average Bonchev–Trinajstić information content (AvgIpc) is 3.30. The molecule has 0 aliphatic rings. The molecule has 0 amide bonds. The van der Waals surface area contributed by atoms with Gasteiger partial charge < -0.3 is 15.4 Å². The molecule has 0 aliphatic carbocycles. The molecule has 30 heavy (non-hydrogen) atoms. The molecule has 2 aromatic heterocycles. The summed E-state index contributed by atoms with van der Waals surface area (Å²) in [6, 6.07) is 12.1. The van der Waals surface area contributed by atoms with Crippen LogP contribution in [0.15, 0.2) is 60.0 Å². The van der Waals surface area contributed by atoms with Crippen LogP contribution < -0.4 is 15.4 Å². The molecule has 2 heterocycles. The molecule has 2 N–H and O–H groups in total. The molecular weight excluding hydrogens is 376 g/mol. The van der Waals surface area contributed by atoms with Crippen LogP contribution in [0.3, 0.4) is 0 Å². The zero-order valence-corrected chi connectivity index (χ0v) is 17.9. The smallest absolute Gasteiger partial charge is 0.191 e. The molecule has 0 aliphatic heterocycles. The van der Waals surface area contributed by atoms with Crippen LogP contribution in [-0.2, 0) is 13.1 Å². The number of rotatable bonds is 9. The Morgan fingerprint density at radius 2 is 2.03 bits per heavy atom. The van der Waals surface area contributed by atoms with Crippen LogP contribution in [0, 0.1) is 6.92 Å². The second-order valence-electron chi connectivity index (χ2n) is 6.98. The first-order valence-electron chi connectivity index (χ1n) is 10.4. The van der Waals surface area contributed by atoms with Crippen LogP contribution in [0.5, 0.6) is 5.75 Å². The molecule has 0 unspecified atom stereocenters. The average molecular weight is 407 g/mol. The van der Waals surface area contributed by atoms with Gasteiger partial charge in [0.15, 0.2) is 11.8 Å². The molecule has 3 aromatic rings. The largest absolute Gasteiger partial charge is 0.493 e. The van der Waals surface area contributed by atoms with Gasteiger partial charge in [-0.1, -0.05) is 19.1 Å². The minimum Gasteiger partial charge on any atom is -0.493 e. The molecule has 0 bridgehead atoms. The fourth-order valence-corrected chi connectivity index (χ4v) is 2.93. The van der Waals surface area contributed by atoms with E-state index in [1.165, 1.54) is 5.56 Å². The number of hydrogen-bond acceptors (Lipinski definition) is 4. The number of aliphatic imine (C=N–C) groups is 1. The molecule has 158 valence electrons. The van der Waals surface area contributed by atoms with Gasteiger partial charge in [-0.05, 0) is 55.7 Å². The highest BCUT2D eigenvalue weighted by molar-refractivity contribution is 5.79. The lowest BCUT2D eigenvalue weighted by Crippen LogP contribution is -2.36. The number of pyridine rings is 1. The third-order valence-corrected chi connectivity index (χ3v) is 4.44. The van der Waals surface area contributed by atoms with E-state index in [0.29, 0.717) is 19.7 Å². The van der Waals surface area contributed by atoms with Crippen molar-refractivity contribution in [1.82, 2.24) is 25.4 Å². The maximum absolute atomic E-state index is 5.92. The fraction of sp³-hybridized carbons (Fsp3) is 0.348. The second-order valence-corrected chi connectivity index (χ2v) is 6.98. The number of aryl methyl sites for hydroxylation is 1. The van der Waals surface area contributed by atoms with E-state index in [1.807, 2.05) is 24.4 Å². The topological polar surface area (TPSA) is 76.4 Å². The van der Waals surface area contributed by atoms with E-state index in [-0.39, 0.29) is 0 Å². The van der Waals surface area contributed by atoms with Gasteiger partial charge in [0.25, 0.3) is 0 Å². The Bertz CT molecular complexity index is 952. The van der Waals surface area contributed by atoms with Gasteiger partial charge in [-0.3, -0.25) is 0 Å². The summed E-state index contributed by atoms with van der Waals surface area (Å²) in [5.74, 6) is 2.47. The number of hydrogen-bond donors (Lipinski definition) is 2. The number of nitrogens with one attached hydrogen (secondary N) is 2. The lowest BCUT2D eigenvalue weighted by molar-refractivity contribution is 0.313. The summed E-state index contributed by atoms with van der Waals surface area (Å²) in [6.07, 6.45) is 6.38. The predicted molar refractivity (Wildman–Crippen MR) is 120 cm³/mol. The van der Waals surface area contributed by atoms with Crippen molar-refractivity contribution in [3.63, 3.8) is 0 Å². The van der Waals surface area contributed by atoms with Gasteiger partial charge in [0.05, 0.1) is 13.2 Å². The molecule has 0 radical (unpaired) electrons. The zero-order chi connectivity index (χ0) is 21.2. The highest BCUT2D eigenvalue weighted by atomic mass is 16.5. The Labute approximate surface area is 178 Å². The van der Waals surface area contributed by atoms with Crippen molar-refractivity contribution in [3.8, 4) is 11.6 Å². The van der Waals surface area contributed by atoms with Gasteiger partial charge in [-0.25, -0.2) is 14.7 Å². The van der Waals surface area contributed by atoms with Crippen molar-refractivity contribution < 1.29 is 4.74 Å². The Morgan fingerprint density at radius 1 is 1.13 bits per heavy atom.